The van der Waals surface area contributed by atoms with Gasteiger partial charge in [-0.3, -0.25) is 0 Å². The van der Waals surface area contributed by atoms with Crippen LogP contribution in [0.1, 0.15) is 11.1 Å². The van der Waals surface area contributed by atoms with Gasteiger partial charge in [-0.2, -0.15) is 0 Å². The predicted molar refractivity (Wildman–Crippen MR) is 68.5 cm³/mol. The first-order valence-electron chi connectivity index (χ1n) is 5.28. The van der Waals surface area contributed by atoms with Crippen molar-refractivity contribution in [2.75, 3.05) is 14.2 Å². The standard InChI is InChI=1S/C14H14O4/c1-17-13(15)9-7-11-5-3-4-6-12(11)8-10-14(16)18-2/h3-10H,1-2H3/b9-7+,10-8+. The topological polar surface area (TPSA) is 52.6 Å². The molecule has 0 aliphatic heterocycles. The van der Waals surface area contributed by atoms with E-state index >= 15 is 0 Å². The van der Waals surface area contributed by atoms with Crippen molar-refractivity contribution in [3.8, 4) is 0 Å². The molecule has 0 saturated carbocycles. The second-order valence-corrected chi connectivity index (χ2v) is 3.34. The fraction of sp³-hybridized carbons (Fsp3) is 0.143. The summed E-state index contributed by atoms with van der Waals surface area (Å²) in [6.45, 7) is 0. The van der Waals surface area contributed by atoms with Gasteiger partial charge < -0.3 is 9.47 Å². The number of benzene rings is 1. The number of methoxy groups -OCH3 is 2. The Balaban J connectivity index is 2.93. The van der Waals surface area contributed by atoms with Crippen LogP contribution in [-0.4, -0.2) is 26.2 Å². The van der Waals surface area contributed by atoms with Gasteiger partial charge in [0, 0.05) is 12.2 Å². The Bertz CT molecular complexity index is 441. The smallest absolute Gasteiger partial charge is 0.330 e. The molecule has 1 rings (SSSR count). The number of hydrogen-bond donors (Lipinski definition) is 0. The van der Waals surface area contributed by atoms with E-state index < -0.39 is 11.9 Å². The van der Waals surface area contributed by atoms with E-state index in [4.69, 9.17) is 0 Å². The molecule has 0 fully saturated rings. The molecule has 0 unspecified atom stereocenters. The quantitative estimate of drug-likeness (QED) is 0.602. The summed E-state index contributed by atoms with van der Waals surface area (Å²) in [7, 11) is 2.63. The average molecular weight is 246 g/mol. The van der Waals surface area contributed by atoms with Crippen LogP contribution in [0.15, 0.2) is 36.4 Å². The molecule has 4 nitrogen and oxygen atoms in total. The van der Waals surface area contributed by atoms with Crippen molar-refractivity contribution < 1.29 is 19.1 Å². The van der Waals surface area contributed by atoms with Crippen LogP contribution in [0.4, 0.5) is 0 Å². The number of carbonyl (C=O) groups excluding carboxylic acids is 2. The molecule has 0 aliphatic carbocycles. The minimum atomic E-state index is -0.429. The summed E-state index contributed by atoms with van der Waals surface area (Å²) >= 11 is 0. The molecule has 0 amide bonds. The van der Waals surface area contributed by atoms with E-state index in [0.717, 1.165) is 11.1 Å². The van der Waals surface area contributed by atoms with Crippen LogP contribution in [0.25, 0.3) is 12.2 Å². The molecule has 1 aromatic carbocycles. The van der Waals surface area contributed by atoms with Gasteiger partial charge in [-0.25, -0.2) is 9.59 Å². The van der Waals surface area contributed by atoms with Gasteiger partial charge >= 0.3 is 11.9 Å². The predicted octanol–water partition coefficient (Wildman–Crippen LogP) is 2.06. The molecule has 1 aromatic rings. The first kappa shape index (κ1) is 13.7. The maximum Gasteiger partial charge on any atom is 0.330 e. The van der Waals surface area contributed by atoms with Crippen LogP contribution < -0.4 is 0 Å². The Kier molecular flexibility index (Phi) is 5.38. The molecule has 0 atom stereocenters. The summed E-state index contributed by atoms with van der Waals surface area (Å²) in [5.74, 6) is -0.858. The zero-order valence-electron chi connectivity index (χ0n) is 10.3. The molecular formula is C14H14O4. The third kappa shape index (κ3) is 4.25. The summed E-state index contributed by atoms with van der Waals surface area (Å²) in [4.78, 5) is 22.0. The molecule has 0 aromatic heterocycles. The summed E-state index contributed by atoms with van der Waals surface area (Å²) in [5.41, 5.74) is 1.62. The maximum atomic E-state index is 11.0. The highest BCUT2D eigenvalue weighted by molar-refractivity contribution is 5.90. The van der Waals surface area contributed by atoms with Crippen molar-refractivity contribution in [3.05, 3.63) is 47.5 Å². The highest BCUT2D eigenvalue weighted by Gasteiger charge is 1.98. The third-order valence-corrected chi connectivity index (χ3v) is 2.20. The molecule has 0 aliphatic rings. The van der Waals surface area contributed by atoms with E-state index in [0.29, 0.717) is 0 Å². The zero-order valence-corrected chi connectivity index (χ0v) is 10.3. The molecule has 0 spiro atoms. The van der Waals surface area contributed by atoms with Crippen LogP contribution in [0, 0.1) is 0 Å². The van der Waals surface area contributed by atoms with Gasteiger partial charge in [0.2, 0.25) is 0 Å². The molecule has 0 heterocycles. The van der Waals surface area contributed by atoms with Crippen LogP contribution in [0.3, 0.4) is 0 Å². The fourth-order valence-electron chi connectivity index (χ4n) is 1.27. The Morgan fingerprint density at radius 3 is 1.61 bits per heavy atom. The average Bonchev–Trinajstić information content (AvgIpc) is 2.42. The summed E-state index contributed by atoms with van der Waals surface area (Å²) in [6.07, 6.45) is 5.90. The van der Waals surface area contributed by atoms with Crippen LogP contribution >= 0.6 is 0 Å². The Labute approximate surface area is 106 Å². The van der Waals surface area contributed by atoms with Crippen LogP contribution in [-0.2, 0) is 19.1 Å². The molecule has 0 bridgehead atoms. The normalized spacial score (nSPS) is 10.8. The van der Waals surface area contributed by atoms with Gasteiger partial charge in [-0.05, 0) is 23.3 Å². The zero-order chi connectivity index (χ0) is 13.4. The lowest BCUT2D eigenvalue weighted by Gasteiger charge is -2.00. The Morgan fingerprint density at radius 1 is 0.889 bits per heavy atom. The minimum absolute atomic E-state index is 0.429. The summed E-state index contributed by atoms with van der Waals surface area (Å²) < 4.78 is 9.02. The molecule has 0 saturated heterocycles. The molecule has 0 N–H and O–H groups in total. The van der Waals surface area contributed by atoms with Gasteiger partial charge in [-0.1, -0.05) is 24.3 Å². The maximum absolute atomic E-state index is 11.0. The lowest BCUT2D eigenvalue weighted by Crippen LogP contribution is -1.94. The highest BCUT2D eigenvalue weighted by Crippen LogP contribution is 2.12. The largest absolute Gasteiger partial charge is 0.466 e. The molecule has 0 radical (unpaired) electrons. The van der Waals surface area contributed by atoms with E-state index in [1.54, 1.807) is 12.2 Å². The van der Waals surface area contributed by atoms with Crippen molar-refractivity contribution in [2.45, 2.75) is 0 Å². The number of ether oxygens (including phenoxy) is 2. The molecule has 18 heavy (non-hydrogen) atoms. The van der Waals surface area contributed by atoms with Crippen molar-refractivity contribution >= 4 is 24.1 Å². The van der Waals surface area contributed by atoms with E-state index in [9.17, 15) is 9.59 Å². The van der Waals surface area contributed by atoms with Crippen molar-refractivity contribution in [1.29, 1.82) is 0 Å². The third-order valence-electron chi connectivity index (χ3n) is 2.20. The van der Waals surface area contributed by atoms with Crippen molar-refractivity contribution in [2.24, 2.45) is 0 Å². The van der Waals surface area contributed by atoms with Gasteiger partial charge in [0.25, 0.3) is 0 Å². The number of carbonyl (C=O) groups is 2. The summed E-state index contributed by atoms with van der Waals surface area (Å²) in [6, 6.07) is 7.34. The van der Waals surface area contributed by atoms with Gasteiger partial charge in [0.1, 0.15) is 0 Å². The van der Waals surface area contributed by atoms with E-state index in [-0.39, 0.29) is 0 Å². The Hall–Kier alpha value is -2.36. The minimum Gasteiger partial charge on any atom is -0.466 e. The monoisotopic (exact) mass is 246 g/mol. The first-order valence-corrected chi connectivity index (χ1v) is 5.28. The van der Waals surface area contributed by atoms with Gasteiger partial charge in [0.05, 0.1) is 14.2 Å². The summed E-state index contributed by atoms with van der Waals surface area (Å²) in [5, 5.41) is 0. The van der Waals surface area contributed by atoms with Gasteiger partial charge in [0.15, 0.2) is 0 Å². The number of rotatable bonds is 4. The first-order chi connectivity index (χ1) is 8.67. The lowest BCUT2D eigenvalue weighted by molar-refractivity contribution is -0.135. The van der Waals surface area contributed by atoms with E-state index in [1.165, 1.54) is 26.4 Å². The molecule has 94 valence electrons. The molecular weight excluding hydrogens is 232 g/mol. The second kappa shape index (κ2) is 7.06. The number of hydrogen-bond acceptors (Lipinski definition) is 4. The van der Waals surface area contributed by atoms with Crippen LogP contribution in [0.5, 0.6) is 0 Å². The highest BCUT2D eigenvalue weighted by atomic mass is 16.5. The SMILES string of the molecule is COC(=O)/C=C/c1ccccc1/C=C/C(=O)OC. The van der Waals surface area contributed by atoms with Crippen LogP contribution in [0.2, 0.25) is 0 Å². The lowest BCUT2D eigenvalue weighted by atomic mass is 10.1. The van der Waals surface area contributed by atoms with E-state index in [1.807, 2.05) is 24.3 Å². The Morgan fingerprint density at radius 2 is 1.28 bits per heavy atom. The molecule has 4 heteroatoms. The van der Waals surface area contributed by atoms with Gasteiger partial charge in [-0.15, -0.1) is 0 Å². The van der Waals surface area contributed by atoms with E-state index in [2.05, 4.69) is 9.47 Å². The van der Waals surface area contributed by atoms with Crippen molar-refractivity contribution in [1.82, 2.24) is 0 Å². The second-order valence-electron chi connectivity index (χ2n) is 3.34. The fourth-order valence-corrected chi connectivity index (χ4v) is 1.27. The number of esters is 2. The van der Waals surface area contributed by atoms with Crippen molar-refractivity contribution in [3.63, 3.8) is 0 Å².